The van der Waals surface area contributed by atoms with Crippen LogP contribution in [-0.4, -0.2) is 19.5 Å². The molecule has 15 heavy (non-hydrogen) atoms. The van der Waals surface area contributed by atoms with Gasteiger partial charge in [0.05, 0.1) is 16.1 Å². The van der Waals surface area contributed by atoms with Crippen molar-refractivity contribution in [3.05, 3.63) is 32.6 Å². The average molecular weight is 316 g/mol. The number of H-pyrrole nitrogens is 1. The van der Waals surface area contributed by atoms with E-state index in [-0.39, 0.29) is 5.56 Å². The molecule has 78 valence electrons. The quantitative estimate of drug-likeness (QED) is 0.849. The van der Waals surface area contributed by atoms with Gasteiger partial charge in [-0.2, -0.15) is 0 Å². The highest BCUT2D eigenvalue weighted by molar-refractivity contribution is 14.1. The van der Waals surface area contributed by atoms with Gasteiger partial charge in [-0.3, -0.25) is 4.79 Å². The standard InChI is InChI=1S/C9H9IN4O/c1-2-14-5-11-4-7(14)8-12-3-6(10)9(15)13-8/h3-5H,2H2,1H3,(H,12,13,15). The Morgan fingerprint density at radius 3 is 3.00 bits per heavy atom. The molecule has 0 spiro atoms. The van der Waals surface area contributed by atoms with Gasteiger partial charge in [0, 0.05) is 12.7 Å². The Hall–Kier alpha value is -1.18. The normalized spacial score (nSPS) is 10.5. The molecule has 0 bridgehead atoms. The van der Waals surface area contributed by atoms with Crippen LogP contribution in [0.5, 0.6) is 0 Å². The number of nitrogens with zero attached hydrogens (tertiary/aromatic N) is 3. The van der Waals surface area contributed by atoms with E-state index in [0.717, 1.165) is 12.2 Å². The lowest BCUT2D eigenvalue weighted by molar-refractivity contribution is 0.763. The summed E-state index contributed by atoms with van der Waals surface area (Å²) < 4.78 is 2.50. The third kappa shape index (κ3) is 1.94. The smallest absolute Gasteiger partial charge is 0.264 e. The number of halogens is 1. The first-order valence-corrected chi connectivity index (χ1v) is 5.55. The average Bonchev–Trinajstić information content (AvgIpc) is 2.70. The molecule has 0 unspecified atom stereocenters. The van der Waals surface area contributed by atoms with Gasteiger partial charge < -0.3 is 9.55 Å². The maximum Gasteiger partial charge on any atom is 0.264 e. The number of hydrogen-bond acceptors (Lipinski definition) is 3. The summed E-state index contributed by atoms with van der Waals surface area (Å²) in [5, 5.41) is 0. The zero-order valence-electron chi connectivity index (χ0n) is 8.07. The van der Waals surface area contributed by atoms with Gasteiger partial charge in [-0.05, 0) is 29.5 Å². The molecule has 0 fully saturated rings. The van der Waals surface area contributed by atoms with Crippen molar-refractivity contribution >= 4 is 22.6 Å². The molecule has 0 aliphatic rings. The minimum absolute atomic E-state index is 0.121. The minimum atomic E-state index is -0.121. The zero-order chi connectivity index (χ0) is 10.8. The first-order valence-electron chi connectivity index (χ1n) is 4.47. The van der Waals surface area contributed by atoms with Gasteiger partial charge in [0.25, 0.3) is 5.56 Å². The van der Waals surface area contributed by atoms with E-state index in [0.29, 0.717) is 9.39 Å². The van der Waals surface area contributed by atoms with Crippen LogP contribution in [0.15, 0.2) is 23.5 Å². The van der Waals surface area contributed by atoms with Crippen molar-refractivity contribution in [2.24, 2.45) is 0 Å². The maximum absolute atomic E-state index is 11.4. The van der Waals surface area contributed by atoms with Crippen molar-refractivity contribution in [2.75, 3.05) is 0 Å². The molecule has 1 N–H and O–H groups in total. The second-order valence-corrected chi connectivity index (χ2v) is 4.14. The Morgan fingerprint density at radius 1 is 1.53 bits per heavy atom. The van der Waals surface area contributed by atoms with E-state index in [9.17, 15) is 4.79 Å². The summed E-state index contributed by atoms with van der Waals surface area (Å²) in [5.41, 5.74) is 0.704. The molecule has 0 radical (unpaired) electrons. The molecule has 0 amide bonds. The lowest BCUT2D eigenvalue weighted by Crippen LogP contribution is -2.12. The number of nitrogens with one attached hydrogen (secondary N) is 1. The van der Waals surface area contributed by atoms with Crippen LogP contribution >= 0.6 is 22.6 Å². The highest BCUT2D eigenvalue weighted by Gasteiger charge is 2.07. The van der Waals surface area contributed by atoms with Gasteiger partial charge in [0.2, 0.25) is 0 Å². The molecule has 0 atom stereocenters. The molecule has 2 rings (SSSR count). The number of aromatic amines is 1. The van der Waals surface area contributed by atoms with Gasteiger partial charge in [-0.25, -0.2) is 9.97 Å². The van der Waals surface area contributed by atoms with Crippen molar-refractivity contribution in [3.8, 4) is 11.5 Å². The molecule has 6 heteroatoms. The van der Waals surface area contributed by atoms with Crippen LogP contribution in [0.3, 0.4) is 0 Å². The molecule has 0 aromatic carbocycles. The minimum Gasteiger partial charge on any atom is -0.328 e. The predicted octanol–water partition coefficient (Wildman–Crippen LogP) is 1.26. The lowest BCUT2D eigenvalue weighted by Gasteiger charge is -2.03. The third-order valence-corrected chi connectivity index (χ3v) is 2.82. The summed E-state index contributed by atoms with van der Waals surface area (Å²) in [6.07, 6.45) is 4.96. The third-order valence-electron chi connectivity index (χ3n) is 2.05. The van der Waals surface area contributed by atoms with Crippen LogP contribution in [0.1, 0.15) is 6.92 Å². The summed E-state index contributed by atoms with van der Waals surface area (Å²) in [6.45, 7) is 2.81. The predicted molar refractivity (Wildman–Crippen MR) is 64.5 cm³/mol. The molecule has 0 aliphatic heterocycles. The largest absolute Gasteiger partial charge is 0.328 e. The van der Waals surface area contributed by atoms with E-state index in [4.69, 9.17) is 0 Å². The number of hydrogen-bond donors (Lipinski definition) is 1. The topological polar surface area (TPSA) is 63.6 Å². The molecule has 2 aromatic heterocycles. The number of aryl methyl sites for hydroxylation is 1. The second kappa shape index (κ2) is 4.13. The Labute approximate surface area is 99.7 Å². The molecule has 0 saturated carbocycles. The summed E-state index contributed by atoms with van der Waals surface area (Å²) in [5.74, 6) is 0.555. The molecule has 2 aromatic rings. The van der Waals surface area contributed by atoms with Gasteiger partial charge >= 0.3 is 0 Å². The van der Waals surface area contributed by atoms with Crippen LogP contribution in [-0.2, 0) is 6.54 Å². The fraction of sp³-hybridized carbons (Fsp3) is 0.222. The van der Waals surface area contributed by atoms with Crippen LogP contribution < -0.4 is 5.56 Å². The van der Waals surface area contributed by atoms with E-state index in [1.807, 2.05) is 34.1 Å². The van der Waals surface area contributed by atoms with E-state index in [2.05, 4.69) is 15.0 Å². The van der Waals surface area contributed by atoms with Crippen molar-refractivity contribution in [3.63, 3.8) is 0 Å². The molecule has 5 nitrogen and oxygen atoms in total. The Kier molecular flexibility index (Phi) is 2.85. The SMILES string of the molecule is CCn1cncc1-c1ncc(I)c(=O)[nH]1. The fourth-order valence-electron chi connectivity index (χ4n) is 1.28. The summed E-state index contributed by atoms with van der Waals surface area (Å²) >= 11 is 1.95. The maximum atomic E-state index is 11.4. The monoisotopic (exact) mass is 316 g/mol. The highest BCUT2D eigenvalue weighted by Crippen LogP contribution is 2.12. The second-order valence-electron chi connectivity index (χ2n) is 2.97. The van der Waals surface area contributed by atoms with Crippen molar-refractivity contribution in [1.82, 2.24) is 19.5 Å². The summed E-state index contributed by atoms with van der Waals surface area (Å²) in [7, 11) is 0. The number of rotatable bonds is 2. The molecular weight excluding hydrogens is 307 g/mol. The van der Waals surface area contributed by atoms with Crippen LogP contribution in [0.25, 0.3) is 11.5 Å². The lowest BCUT2D eigenvalue weighted by atomic mass is 10.4. The first kappa shape index (κ1) is 10.3. The Balaban J connectivity index is 2.54. The number of aromatic nitrogens is 4. The molecule has 0 aliphatic carbocycles. The van der Waals surface area contributed by atoms with E-state index in [1.165, 1.54) is 0 Å². The van der Waals surface area contributed by atoms with Crippen molar-refractivity contribution in [1.29, 1.82) is 0 Å². The van der Waals surface area contributed by atoms with Crippen molar-refractivity contribution < 1.29 is 0 Å². The van der Waals surface area contributed by atoms with E-state index >= 15 is 0 Å². The van der Waals surface area contributed by atoms with Gasteiger partial charge in [-0.1, -0.05) is 0 Å². The molecule has 0 saturated heterocycles. The Morgan fingerprint density at radius 2 is 2.33 bits per heavy atom. The summed E-state index contributed by atoms with van der Waals surface area (Å²) in [6, 6.07) is 0. The van der Waals surface area contributed by atoms with E-state index < -0.39 is 0 Å². The van der Waals surface area contributed by atoms with Crippen LogP contribution in [0.4, 0.5) is 0 Å². The van der Waals surface area contributed by atoms with Crippen LogP contribution in [0, 0.1) is 3.57 Å². The highest BCUT2D eigenvalue weighted by atomic mass is 127. The van der Waals surface area contributed by atoms with Gasteiger partial charge in [0.1, 0.15) is 5.69 Å². The molecule has 2 heterocycles. The summed E-state index contributed by atoms with van der Waals surface area (Å²) in [4.78, 5) is 22.3. The van der Waals surface area contributed by atoms with Crippen molar-refractivity contribution in [2.45, 2.75) is 13.5 Å². The number of imidazole rings is 1. The first-order chi connectivity index (χ1) is 7.22. The fourth-order valence-corrected chi connectivity index (χ4v) is 1.55. The Bertz CT molecular complexity index is 531. The molecular formula is C9H9IN4O. The van der Waals surface area contributed by atoms with E-state index in [1.54, 1.807) is 18.7 Å². The van der Waals surface area contributed by atoms with Crippen LogP contribution in [0.2, 0.25) is 0 Å². The zero-order valence-corrected chi connectivity index (χ0v) is 10.2. The van der Waals surface area contributed by atoms with Gasteiger partial charge in [-0.15, -0.1) is 0 Å². The van der Waals surface area contributed by atoms with Gasteiger partial charge in [0.15, 0.2) is 5.82 Å².